The summed E-state index contributed by atoms with van der Waals surface area (Å²) in [5.74, 6) is -0.705. The second kappa shape index (κ2) is 8.23. The summed E-state index contributed by atoms with van der Waals surface area (Å²) in [5.41, 5.74) is 0.660. The Kier molecular flexibility index (Phi) is 6.60. The van der Waals surface area contributed by atoms with Crippen LogP contribution in [0, 0.1) is 11.3 Å². The van der Waals surface area contributed by atoms with Gasteiger partial charge in [-0.05, 0) is 24.5 Å². The summed E-state index contributed by atoms with van der Waals surface area (Å²) >= 11 is 1.56. The van der Waals surface area contributed by atoms with Crippen LogP contribution in [-0.2, 0) is 14.3 Å². The SMILES string of the molecule is COC(=O)CCC(=O)N(CC#N)c1cccc(SC)c1. The minimum absolute atomic E-state index is 0.0134. The third-order valence-electron chi connectivity index (χ3n) is 2.67. The predicted octanol–water partition coefficient (Wildman–Crippen LogP) is 2.22. The van der Waals surface area contributed by atoms with Crippen molar-refractivity contribution in [2.45, 2.75) is 17.7 Å². The topological polar surface area (TPSA) is 70.4 Å². The minimum atomic E-state index is -0.437. The fraction of sp³-hybridized carbons (Fsp3) is 0.357. The second-order valence-corrected chi connectivity index (χ2v) is 4.80. The van der Waals surface area contributed by atoms with Crippen LogP contribution in [0.15, 0.2) is 29.2 Å². The Morgan fingerprint density at radius 3 is 2.75 bits per heavy atom. The number of ether oxygens (including phenoxy) is 1. The Labute approximate surface area is 122 Å². The van der Waals surface area contributed by atoms with E-state index in [1.54, 1.807) is 17.8 Å². The summed E-state index contributed by atoms with van der Waals surface area (Å²) in [6.07, 6.45) is 1.98. The summed E-state index contributed by atoms with van der Waals surface area (Å²) in [7, 11) is 1.28. The van der Waals surface area contributed by atoms with Crippen LogP contribution in [0.4, 0.5) is 5.69 Å². The number of thioether (sulfide) groups is 1. The lowest BCUT2D eigenvalue weighted by Gasteiger charge is -2.20. The lowest BCUT2D eigenvalue weighted by atomic mass is 10.2. The van der Waals surface area contributed by atoms with Gasteiger partial charge in [0.15, 0.2) is 0 Å². The van der Waals surface area contributed by atoms with E-state index in [-0.39, 0.29) is 25.3 Å². The van der Waals surface area contributed by atoms with Crippen LogP contribution in [0.3, 0.4) is 0 Å². The number of nitrogens with zero attached hydrogens (tertiary/aromatic N) is 2. The van der Waals surface area contributed by atoms with E-state index >= 15 is 0 Å². The molecule has 1 rings (SSSR count). The number of anilines is 1. The number of carbonyl (C=O) groups excluding carboxylic acids is 2. The molecule has 0 N–H and O–H groups in total. The van der Waals surface area contributed by atoms with Crippen molar-refractivity contribution in [3.63, 3.8) is 0 Å². The molecule has 0 aliphatic carbocycles. The summed E-state index contributed by atoms with van der Waals surface area (Å²) in [6, 6.07) is 9.35. The van der Waals surface area contributed by atoms with Crippen molar-refractivity contribution < 1.29 is 14.3 Å². The first-order valence-corrected chi connectivity index (χ1v) is 7.23. The average molecular weight is 292 g/mol. The summed E-state index contributed by atoms with van der Waals surface area (Å²) in [5, 5.41) is 8.86. The molecule has 0 spiro atoms. The van der Waals surface area contributed by atoms with Gasteiger partial charge in [-0.15, -0.1) is 11.8 Å². The minimum Gasteiger partial charge on any atom is -0.469 e. The van der Waals surface area contributed by atoms with Crippen LogP contribution >= 0.6 is 11.8 Å². The molecule has 0 saturated heterocycles. The molecule has 0 fully saturated rings. The van der Waals surface area contributed by atoms with Crippen LogP contribution in [0.1, 0.15) is 12.8 Å². The first kappa shape index (κ1) is 16.1. The fourth-order valence-electron chi connectivity index (χ4n) is 1.62. The maximum absolute atomic E-state index is 12.1. The van der Waals surface area contributed by atoms with Crippen LogP contribution in [0.2, 0.25) is 0 Å². The number of hydrogen-bond donors (Lipinski definition) is 0. The van der Waals surface area contributed by atoms with E-state index in [0.29, 0.717) is 5.69 Å². The van der Waals surface area contributed by atoms with Gasteiger partial charge in [0.1, 0.15) is 6.54 Å². The molecule has 0 radical (unpaired) electrons. The molecule has 1 aromatic carbocycles. The van der Waals surface area contributed by atoms with Crippen molar-refractivity contribution in [1.82, 2.24) is 0 Å². The van der Waals surface area contributed by atoms with E-state index in [1.165, 1.54) is 12.0 Å². The van der Waals surface area contributed by atoms with E-state index in [2.05, 4.69) is 4.74 Å². The molecule has 0 aliphatic heterocycles. The molecule has 6 heteroatoms. The highest BCUT2D eigenvalue weighted by Gasteiger charge is 2.17. The summed E-state index contributed by atoms with van der Waals surface area (Å²) < 4.78 is 4.50. The zero-order chi connectivity index (χ0) is 15.0. The van der Waals surface area contributed by atoms with Crippen LogP contribution in [0.25, 0.3) is 0 Å². The van der Waals surface area contributed by atoms with Crippen molar-refractivity contribution in [3.8, 4) is 6.07 Å². The molecule has 0 aromatic heterocycles. The van der Waals surface area contributed by atoms with Crippen LogP contribution < -0.4 is 4.90 Å². The molecule has 0 atom stereocenters. The molecule has 5 nitrogen and oxygen atoms in total. The average Bonchev–Trinajstić information content (AvgIpc) is 2.49. The number of rotatable bonds is 6. The smallest absolute Gasteiger partial charge is 0.306 e. The molecule has 0 unspecified atom stereocenters. The lowest BCUT2D eigenvalue weighted by Crippen LogP contribution is -2.31. The van der Waals surface area contributed by atoms with Gasteiger partial charge in [-0.1, -0.05) is 6.07 Å². The van der Waals surface area contributed by atoms with Crippen molar-refractivity contribution in [1.29, 1.82) is 5.26 Å². The van der Waals surface area contributed by atoms with Crippen LogP contribution in [0.5, 0.6) is 0 Å². The Morgan fingerprint density at radius 2 is 2.15 bits per heavy atom. The second-order valence-electron chi connectivity index (χ2n) is 3.92. The van der Waals surface area contributed by atoms with Crippen LogP contribution in [-0.4, -0.2) is 31.8 Å². The van der Waals surface area contributed by atoms with Gasteiger partial charge in [-0.2, -0.15) is 5.26 Å². The first-order chi connectivity index (χ1) is 9.62. The van der Waals surface area contributed by atoms with E-state index in [4.69, 9.17) is 5.26 Å². The molecule has 20 heavy (non-hydrogen) atoms. The molecule has 0 heterocycles. The quantitative estimate of drug-likeness (QED) is 0.457. The van der Waals surface area contributed by atoms with Gasteiger partial charge in [-0.25, -0.2) is 0 Å². The molecule has 0 saturated carbocycles. The van der Waals surface area contributed by atoms with Crippen molar-refractivity contribution in [2.24, 2.45) is 0 Å². The Hall–Kier alpha value is -2.00. The number of nitriles is 1. The molecule has 1 amide bonds. The summed E-state index contributed by atoms with van der Waals surface area (Å²) in [6.45, 7) is -0.0438. The number of esters is 1. The fourth-order valence-corrected chi connectivity index (χ4v) is 2.07. The van der Waals surface area contributed by atoms with Gasteiger partial charge >= 0.3 is 5.97 Å². The molecule has 0 aliphatic rings. The monoisotopic (exact) mass is 292 g/mol. The largest absolute Gasteiger partial charge is 0.469 e. The van der Waals surface area contributed by atoms with Gasteiger partial charge < -0.3 is 4.74 Å². The zero-order valence-electron chi connectivity index (χ0n) is 11.5. The highest BCUT2D eigenvalue weighted by atomic mass is 32.2. The van der Waals surface area contributed by atoms with Gasteiger partial charge in [0.2, 0.25) is 5.91 Å². The molecule has 1 aromatic rings. The third kappa shape index (κ3) is 4.59. The maximum Gasteiger partial charge on any atom is 0.306 e. The van der Waals surface area contributed by atoms with Gasteiger partial charge in [-0.3, -0.25) is 14.5 Å². The van der Waals surface area contributed by atoms with Gasteiger partial charge in [0.25, 0.3) is 0 Å². The van der Waals surface area contributed by atoms with Gasteiger partial charge in [0.05, 0.1) is 19.6 Å². The molecular weight excluding hydrogens is 276 g/mol. The molecular formula is C14H16N2O3S. The Bertz CT molecular complexity index is 525. The highest BCUT2D eigenvalue weighted by molar-refractivity contribution is 7.98. The van der Waals surface area contributed by atoms with E-state index in [0.717, 1.165) is 4.90 Å². The Morgan fingerprint density at radius 1 is 1.40 bits per heavy atom. The number of amides is 1. The number of carbonyl (C=O) groups is 2. The van der Waals surface area contributed by atoms with E-state index in [9.17, 15) is 9.59 Å². The van der Waals surface area contributed by atoms with Crippen molar-refractivity contribution in [3.05, 3.63) is 24.3 Å². The van der Waals surface area contributed by atoms with E-state index < -0.39 is 5.97 Å². The zero-order valence-corrected chi connectivity index (χ0v) is 12.3. The van der Waals surface area contributed by atoms with Crippen molar-refractivity contribution >= 4 is 29.3 Å². The standard InChI is InChI=1S/C14H16N2O3S/c1-19-14(18)7-6-13(17)16(9-8-15)11-4-3-5-12(10-11)20-2/h3-5,10H,6-7,9H2,1-2H3. The maximum atomic E-state index is 12.1. The first-order valence-electron chi connectivity index (χ1n) is 6.00. The lowest BCUT2D eigenvalue weighted by molar-refractivity contribution is -0.141. The number of hydrogen-bond acceptors (Lipinski definition) is 5. The van der Waals surface area contributed by atoms with Crippen molar-refractivity contribution in [2.75, 3.05) is 24.8 Å². The number of benzene rings is 1. The highest BCUT2D eigenvalue weighted by Crippen LogP contribution is 2.22. The summed E-state index contributed by atoms with van der Waals surface area (Å²) in [4.78, 5) is 25.6. The Balaban J connectivity index is 2.84. The third-order valence-corrected chi connectivity index (χ3v) is 3.39. The van der Waals surface area contributed by atoms with E-state index in [1.807, 2.05) is 30.5 Å². The molecule has 106 valence electrons. The number of methoxy groups -OCH3 is 1. The normalized spacial score (nSPS) is 9.65. The molecule has 0 bridgehead atoms. The van der Waals surface area contributed by atoms with Gasteiger partial charge in [0, 0.05) is 17.0 Å². The predicted molar refractivity (Wildman–Crippen MR) is 77.4 cm³/mol.